The summed E-state index contributed by atoms with van der Waals surface area (Å²) in [5.41, 5.74) is 1.23. The molecule has 5 heteroatoms. The number of aryl methyl sites for hydroxylation is 1. The molecule has 0 amide bonds. The third-order valence-electron chi connectivity index (χ3n) is 2.78. The Bertz CT molecular complexity index is 587. The number of aromatic nitrogens is 1. The van der Waals surface area contributed by atoms with Gasteiger partial charge in [-0.3, -0.25) is 0 Å². The smallest absolute Gasteiger partial charge is 0.337 e. The van der Waals surface area contributed by atoms with E-state index in [1.807, 2.05) is 18.2 Å². The molecule has 0 fully saturated rings. The lowest BCUT2D eigenvalue weighted by atomic mass is 10.1. The summed E-state index contributed by atoms with van der Waals surface area (Å²) in [7, 11) is 0. The molecule has 2 rings (SSSR count). The number of pyridine rings is 1. The number of nitrogens with zero attached hydrogens (tertiary/aromatic N) is 1. The second-order valence-corrected chi connectivity index (χ2v) is 4.60. The van der Waals surface area contributed by atoms with E-state index in [9.17, 15) is 4.79 Å². The van der Waals surface area contributed by atoms with E-state index in [4.69, 9.17) is 21.4 Å². The first-order valence-electron chi connectivity index (χ1n) is 6.23. The summed E-state index contributed by atoms with van der Waals surface area (Å²) in [5, 5.41) is 8.98. The van der Waals surface area contributed by atoms with E-state index in [2.05, 4.69) is 17.1 Å². The molecule has 1 aromatic carbocycles. The highest BCUT2D eigenvalue weighted by molar-refractivity contribution is 6.34. The van der Waals surface area contributed by atoms with Crippen molar-refractivity contribution in [3.8, 4) is 5.88 Å². The predicted octanol–water partition coefficient (Wildman–Crippen LogP) is 3.44. The number of aromatic carboxylic acids is 1. The first kappa shape index (κ1) is 14.3. The van der Waals surface area contributed by atoms with Crippen LogP contribution < -0.4 is 4.74 Å². The molecule has 1 N–H and O–H groups in total. The van der Waals surface area contributed by atoms with Crippen LogP contribution in [-0.4, -0.2) is 22.7 Å². The van der Waals surface area contributed by atoms with Crippen LogP contribution in [0.25, 0.3) is 0 Å². The average molecular weight is 292 g/mol. The first-order valence-corrected chi connectivity index (χ1v) is 6.61. The first-order chi connectivity index (χ1) is 9.68. The van der Waals surface area contributed by atoms with Gasteiger partial charge in [-0.05, 0) is 24.5 Å². The van der Waals surface area contributed by atoms with Gasteiger partial charge in [0.1, 0.15) is 5.02 Å². The Labute approximate surface area is 122 Å². The van der Waals surface area contributed by atoms with Gasteiger partial charge in [-0.15, -0.1) is 0 Å². The summed E-state index contributed by atoms with van der Waals surface area (Å²) in [6.45, 7) is 0.435. The molecule has 1 heterocycles. The second-order valence-electron chi connectivity index (χ2n) is 4.22. The largest absolute Gasteiger partial charge is 0.478 e. The van der Waals surface area contributed by atoms with Crippen LogP contribution in [0.2, 0.25) is 5.02 Å². The summed E-state index contributed by atoms with van der Waals surface area (Å²) in [6.07, 6.45) is 3.07. The van der Waals surface area contributed by atoms with Crippen LogP contribution in [-0.2, 0) is 6.42 Å². The fraction of sp³-hybridized carbons (Fsp3) is 0.200. The van der Waals surface area contributed by atoms with Crippen molar-refractivity contribution in [3.63, 3.8) is 0 Å². The summed E-state index contributed by atoms with van der Waals surface area (Å²) in [5.74, 6) is -0.925. The molecule has 2 aromatic rings. The van der Waals surface area contributed by atoms with Crippen LogP contribution in [0, 0.1) is 0 Å². The molecule has 0 radical (unpaired) electrons. The second kappa shape index (κ2) is 6.91. The summed E-state index contributed by atoms with van der Waals surface area (Å²) in [4.78, 5) is 14.9. The van der Waals surface area contributed by atoms with E-state index in [0.29, 0.717) is 6.61 Å². The van der Waals surface area contributed by atoms with E-state index < -0.39 is 5.97 Å². The number of halogens is 1. The third kappa shape index (κ3) is 3.71. The number of hydrogen-bond donors (Lipinski definition) is 1. The van der Waals surface area contributed by atoms with Gasteiger partial charge in [0, 0.05) is 6.20 Å². The number of carbonyl (C=O) groups is 1. The molecule has 1 aromatic heterocycles. The Balaban J connectivity index is 1.88. The highest BCUT2D eigenvalue weighted by Crippen LogP contribution is 2.25. The summed E-state index contributed by atoms with van der Waals surface area (Å²) < 4.78 is 5.44. The van der Waals surface area contributed by atoms with Crippen molar-refractivity contribution < 1.29 is 14.6 Å². The Kier molecular flexibility index (Phi) is 4.96. The number of benzene rings is 1. The lowest BCUT2D eigenvalue weighted by molar-refractivity contribution is 0.0696. The zero-order chi connectivity index (χ0) is 14.4. The number of rotatable bonds is 6. The van der Waals surface area contributed by atoms with Crippen molar-refractivity contribution in [2.24, 2.45) is 0 Å². The summed E-state index contributed by atoms with van der Waals surface area (Å²) >= 11 is 5.93. The van der Waals surface area contributed by atoms with E-state index in [1.54, 1.807) is 0 Å². The van der Waals surface area contributed by atoms with Gasteiger partial charge in [0.2, 0.25) is 5.88 Å². The summed E-state index contributed by atoms with van der Waals surface area (Å²) in [6, 6.07) is 11.4. The van der Waals surface area contributed by atoms with E-state index in [0.717, 1.165) is 12.8 Å². The molecular weight excluding hydrogens is 278 g/mol. The van der Waals surface area contributed by atoms with Crippen molar-refractivity contribution in [1.82, 2.24) is 4.98 Å². The molecule has 0 bridgehead atoms. The van der Waals surface area contributed by atoms with Gasteiger partial charge in [-0.25, -0.2) is 9.78 Å². The molecule has 4 nitrogen and oxygen atoms in total. The maximum atomic E-state index is 10.9. The monoisotopic (exact) mass is 291 g/mol. The minimum atomic E-state index is -1.09. The number of carboxylic acid groups (broad SMARTS) is 1. The lowest BCUT2D eigenvalue weighted by Gasteiger charge is -2.08. The molecule has 0 aliphatic rings. The molecule has 0 saturated heterocycles. The van der Waals surface area contributed by atoms with Gasteiger partial charge < -0.3 is 9.84 Å². The van der Waals surface area contributed by atoms with Gasteiger partial charge in [0.05, 0.1) is 12.2 Å². The van der Waals surface area contributed by atoms with Gasteiger partial charge in [0.15, 0.2) is 0 Å². The van der Waals surface area contributed by atoms with Crippen molar-refractivity contribution in [2.45, 2.75) is 12.8 Å². The molecule has 0 aliphatic carbocycles. The molecule has 104 valence electrons. The minimum absolute atomic E-state index is 0.000254. The maximum absolute atomic E-state index is 10.9. The zero-order valence-corrected chi connectivity index (χ0v) is 11.5. The molecule has 20 heavy (non-hydrogen) atoms. The SMILES string of the molecule is O=C(O)c1ccnc(OCCCc2ccccc2)c1Cl. The quantitative estimate of drug-likeness (QED) is 0.828. The molecule has 0 aliphatic heterocycles. The van der Waals surface area contributed by atoms with Crippen LogP contribution in [0.4, 0.5) is 0 Å². The molecule has 0 spiro atoms. The Morgan fingerprint density at radius 3 is 2.70 bits per heavy atom. The van der Waals surface area contributed by atoms with Crippen LogP contribution in [0.5, 0.6) is 5.88 Å². The predicted molar refractivity (Wildman–Crippen MR) is 76.5 cm³/mol. The van der Waals surface area contributed by atoms with Crippen LogP contribution >= 0.6 is 11.6 Å². The maximum Gasteiger partial charge on any atom is 0.337 e. The van der Waals surface area contributed by atoms with Gasteiger partial charge in [-0.1, -0.05) is 41.9 Å². The zero-order valence-electron chi connectivity index (χ0n) is 10.8. The van der Waals surface area contributed by atoms with Crippen molar-refractivity contribution in [3.05, 3.63) is 58.7 Å². The van der Waals surface area contributed by atoms with E-state index >= 15 is 0 Å². The van der Waals surface area contributed by atoms with Crippen molar-refractivity contribution >= 4 is 17.6 Å². The number of hydrogen-bond acceptors (Lipinski definition) is 3. The van der Waals surface area contributed by atoms with Gasteiger partial charge in [-0.2, -0.15) is 0 Å². The lowest BCUT2D eigenvalue weighted by Crippen LogP contribution is -2.04. The van der Waals surface area contributed by atoms with Crippen LogP contribution in [0.3, 0.4) is 0 Å². The fourth-order valence-corrected chi connectivity index (χ4v) is 2.03. The highest BCUT2D eigenvalue weighted by Gasteiger charge is 2.14. The Hall–Kier alpha value is -2.07. The fourth-order valence-electron chi connectivity index (χ4n) is 1.78. The molecule has 0 atom stereocenters. The standard InChI is InChI=1S/C15H14ClNO3/c16-13-12(15(18)19)8-9-17-14(13)20-10-4-7-11-5-2-1-3-6-11/h1-3,5-6,8-9H,4,7,10H2,(H,18,19). The van der Waals surface area contributed by atoms with Gasteiger partial charge >= 0.3 is 5.97 Å². The Morgan fingerprint density at radius 1 is 1.25 bits per heavy atom. The van der Waals surface area contributed by atoms with E-state index in [1.165, 1.54) is 17.8 Å². The van der Waals surface area contributed by atoms with E-state index in [-0.39, 0.29) is 16.5 Å². The average Bonchev–Trinajstić information content (AvgIpc) is 2.46. The molecule has 0 unspecified atom stereocenters. The van der Waals surface area contributed by atoms with Gasteiger partial charge in [0.25, 0.3) is 0 Å². The van der Waals surface area contributed by atoms with Crippen LogP contribution in [0.1, 0.15) is 22.3 Å². The number of ether oxygens (including phenoxy) is 1. The van der Waals surface area contributed by atoms with Crippen LogP contribution in [0.15, 0.2) is 42.6 Å². The highest BCUT2D eigenvalue weighted by atomic mass is 35.5. The van der Waals surface area contributed by atoms with Crippen molar-refractivity contribution in [1.29, 1.82) is 0 Å². The molecule has 0 saturated carbocycles. The topological polar surface area (TPSA) is 59.4 Å². The van der Waals surface area contributed by atoms with Crippen molar-refractivity contribution in [2.75, 3.05) is 6.61 Å². The third-order valence-corrected chi connectivity index (χ3v) is 3.14. The number of carboxylic acids is 1. The Morgan fingerprint density at radius 2 is 2.00 bits per heavy atom. The molecular formula is C15H14ClNO3. The normalized spacial score (nSPS) is 10.2. The minimum Gasteiger partial charge on any atom is -0.478 e.